The van der Waals surface area contributed by atoms with Crippen molar-refractivity contribution in [1.82, 2.24) is 0 Å². The van der Waals surface area contributed by atoms with Crippen LogP contribution >= 0.6 is 0 Å². The molecule has 0 spiro atoms. The average molecular weight is 128 g/mol. The monoisotopic (exact) mass is 128 g/mol. The van der Waals surface area contributed by atoms with Gasteiger partial charge in [0.05, 0.1) is 24.1 Å². The Bertz CT molecular complexity index is 235. The highest BCUT2D eigenvalue weighted by Crippen LogP contribution is 2.21. The lowest BCUT2D eigenvalue weighted by Crippen LogP contribution is -1.77. The van der Waals surface area contributed by atoms with E-state index in [9.17, 15) is 0 Å². The third-order valence-electron chi connectivity index (χ3n) is 1.66. The van der Waals surface area contributed by atoms with E-state index in [2.05, 4.69) is 49.3 Å². The fourth-order valence-electron chi connectivity index (χ4n) is 1.13. The Kier molecular flexibility index (Phi) is 1.24. The van der Waals surface area contributed by atoms with Gasteiger partial charge in [-0.3, -0.25) is 0 Å². The quantitative estimate of drug-likeness (QED) is 0.439. The smallest absolute Gasteiger partial charge is 0.0616 e. The second kappa shape index (κ2) is 2.22. The van der Waals surface area contributed by atoms with Crippen LogP contribution < -0.4 is 0 Å². The summed E-state index contributed by atoms with van der Waals surface area (Å²) >= 11 is 0. The molecule has 0 heterocycles. The van der Waals surface area contributed by atoms with Crippen molar-refractivity contribution in [2.75, 3.05) is 0 Å². The standard InChI is InChI=1S/C10H8/c1-2-6-9(5-1)10-7-3-4-8-10/h1-8H/q+1. The van der Waals surface area contributed by atoms with E-state index < -0.39 is 0 Å². The Labute approximate surface area is 61.3 Å². The van der Waals surface area contributed by atoms with Gasteiger partial charge in [-0.15, -0.1) is 0 Å². The van der Waals surface area contributed by atoms with Gasteiger partial charge in [0.2, 0.25) is 0 Å². The second-order valence-corrected chi connectivity index (χ2v) is 2.35. The van der Waals surface area contributed by atoms with Crippen LogP contribution in [0.25, 0.3) is 0 Å². The van der Waals surface area contributed by atoms with Crippen molar-refractivity contribution in [3.05, 3.63) is 60.4 Å². The molecule has 0 atom stereocenters. The summed E-state index contributed by atoms with van der Waals surface area (Å²) in [6.45, 7) is 0. The Morgan fingerprint density at radius 3 is 2.30 bits per heavy atom. The topological polar surface area (TPSA) is 0 Å². The lowest BCUT2D eigenvalue weighted by molar-refractivity contribution is 1.53. The molecule has 0 amide bonds. The highest BCUT2D eigenvalue weighted by Gasteiger charge is 2.12. The van der Waals surface area contributed by atoms with Gasteiger partial charge in [-0.2, -0.15) is 0 Å². The summed E-state index contributed by atoms with van der Waals surface area (Å²) in [4.78, 5) is 0. The Morgan fingerprint density at radius 2 is 1.70 bits per heavy atom. The molecule has 0 bridgehead atoms. The summed E-state index contributed by atoms with van der Waals surface area (Å²) in [5, 5.41) is 0. The molecule has 0 saturated heterocycles. The summed E-state index contributed by atoms with van der Waals surface area (Å²) in [6, 6.07) is 0. The molecule has 10 heavy (non-hydrogen) atoms. The van der Waals surface area contributed by atoms with Gasteiger partial charge in [-0.25, -0.2) is 0 Å². The summed E-state index contributed by atoms with van der Waals surface area (Å²) in [5.74, 6) is 0. The van der Waals surface area contributed by atoms with Crippen molar-refractivity contribution in [1.29, 1.82) is 0 Å². The molecule has 2 aliphatic rings. The molecule has 0 saturated carbocycles. The molecule has 0 fully saturated rings. The molecule has 0 aliphatic heterocycles. The molecular weight excluding hydrogens is 120 g/mol. The van der Waals surface area contributed by atoms with Crippen LogP contribution in [0.3, 0.4) is 0 Å². The Hall–Kier alpha value is -1.17. The van der Waals surface area contributed by atoms with Gasteiger partial charge in [-0.1, -0.05) is 24.3 Å². The second-order valence-electron chi connectivity index (χ2n) is 2.35. The molecule has 0 heteroatoms. The van der Waals surface area contributed by atoms with Crippen molar-refractivity contribution in [3.63, 3.8) is 0 Å². The molecule has 0 N–H and O–H groups in total. The predicted molar refractivity (Wildman–Crippen MR) is 43.0 cm³/mol. The lowest BCUT2D eigenvalue weighted by Gasteiger charge is -1.88. The zero-order valence-electron chi connectivity index (χ0n) is 5.62. The minimum absolute atomic E-state index is 1.31. The molecule has 0 unspecified atom stereocenters. The fraction of sp³-hybridized carbons (Fsp3) is 0. The average Bonchev–Trinajstić information content (AvgIpc) is 2.59. The zero-order valence-corrected chi connectivity index (χ0v) is 5.62. The third kappa shape index (κ3) is 0.820. The summed E-state index contributed by atoms with van der Waals surface area (Å²) in [5.41, 5.74) is 2.62. The molecule has 47 valence electrons. The van der Waals surface area contributed by atoms with Crippen molar-refractivity contribution in [2.24, 2.45) is 0 Å². The van der Waals surface area contributed by atoms with Gasteiger partial charge < -0.3 is 0 Å². The van der Waals surface area contributed by atoms with Crippen LogP contribution in [0.15, 0.2) is 47.6 Å². The van der Waals surface area contributed by atoms with Crippen LogP contribution in [0.5, 0.6) is 0 Å². The van der Waals surface area contributed by atoms with Gasteiger partial charge >= 0.3 is 0 Å². The zero-order chi connectivity index (χ0) is 6.81. The summed E-state index contributed by atoms with van der Waals surface area (Å²) in [7, 11) is 0. The maximum Gasteiger partial charge on any atom is 0.117 e. The predicted octanol–water partition coefficient (Wildman–Crippen LogP) is 2.39. The Morgan fingerprint density at radius 1 is 0.900 bits per heavy atom. The van der Waals surface area contributed by atoms with E-state index in [1.54, 1.807) is 0 Å². The van der Waals surface area contributed by atoms with Crippen LogP contribution in [0.1, 0.15) is 0 Å². The Balaban J connectivity index is 2.36. The van der Waals surface area contributed by atoms with Gasteiger partial charge in [0.1, 0.15) is 6.42 Å². The van der Waals surface area contributed by atoms with Crippen molar-refractivity contribution in [2.45, 2.75) is 0 Å². The van der Waals surface area contributed by atoms with E-state index in [0.717, 1.165) is 0 Å². The van der Waals surface area contributed by atoms with Crippen LogP contribution in [-0.4, -0.2) is 0 Å². The number of allylic oxidation sites excluding steroid dienone is 8. The largest absolute Gasteiger partial charge is 0.117 e. The van der Waals surface area contributed by atoms with Crippen LogP contribution in [0, 0.1) is 12.8 Å². The van der Waals surface area contributed by atoms with Crippen LogP contribution in [0.4, 0.5) is 0 Å². The van der Waals surface area contributed by atoms with Crippen molar-refractivity contribution >= 4 is 0 Å². The minimum Gasteiger partial charge on any atom is -0.0616 e. The van der Waals surface area contributed by atoms with E-state index in [4.69, 9.17) is 0 Å². The van der Waals surface area contributed by atoms with E-state index in [1.807, 2.05) is 0 Å². The van der Waals surface area contributed by atoms with E-state index >= 15 is 0 Å². The molecular formula is C10H8+. The van der Waals surface area contributed by atoms with Gasteiger partial charge in [-0.05, 0) is 0 Å². The van der Waals surface area contributed by atoms with E-state index in [1.165, 1.54) is 11.1 Å². The van der Waals surface area contributed by atoms with Crippen LogP contribution in [0.2, 0.25) is 0 Å². The van der Waals surface area contributed by atoms with Crippen molar-refractivity contribution < 1.29 is 0 Å². The van der Waals surface area contributed by atoms with Gasteiger partial charge in [0, 0.05) is 5.57 Å². The van der Waals surface area contributed by atoms with Gasteiger partial charge in [0.15, 0.2) is 0 Å². The molecule has 2 rings (SSSR count). The molecule has 2 aliphatic carbocycles. The van der Waals surface area contributed by atoms with E-state index in [-0.39, 0.29) is 0 Å². The SMILES string of the molecule is [CH]1[CH+]C=CC1=C1C=CC=C1. The molecule has 0 aromatic heterocycles. The van der Waals surface area contributed by atoms with Crippen molar-refractivity contribution in [3.8, 4) is 0 Å². The fourth-order valence-corrected chi connectivity index (χ4v) is 1.13. The highest BCUT2D eigenvalue weighted by atomic mass is 14.1. The molecule has 0 aromatic rings. The first-order chi connectivity index (χ1) is 4.97. The first-order valence-electron chi connectivity index (χ1n) is 3.40. The minimum atomic E-state index is 1.31. The number of rotatable bonds is 0. The number of hydrogen-bond acceptors (Lipinski definition) is 0. The van der Waals surface area contributed by atoms with Gasteiger partial charge in [0.25, 0.3) is 0 Å². The summed E-state index contributed by atoms with van der Waals surface area (Å²) < 4.78 is 0. The number of hydrogen-bond donors (Lipinski definition) is 0. The normalized spacial score (nSPS) is 20.8. The maximum absolute atomic E-state index is 2.12. The van der Waals surface area contributed by atoms with E-state index in [0.29, 0.717) is 0 Å². The maximum atomic E-state index is 2.12. The highest BCUT2D eigenvalue weighted by molar-refractivity contribution is 5.54. The first-order valence-corrected chi connectivity index (χ1v) is 3.40. The molecule has 0 aromatic carbocycles. The van der Waals surface area contributed by atoms with Crippen LogP contribution in [-0.2, 0) is 0 Å². The molecule has 0 nitrogen and oxygen atoms in total. The first kappa shape index (κ1) is 5.60. The summed E-state index contributed by atoms with van der Waals surface area (Å²) in [6.07, 6.45) is 16.7. The molecule has 1 radical (unpaired) electrons. The third-order valence-corrected chi connectivity index (χ3v) is 1.66. The lowest BCUT2D eigenvalue weighted by atomic mass is 10.1.